The zero-order valence-electron chi connectivity index (χ0n) is 12.8. The van der Waals surface area contributed by atoms with Crippen molar-refractivity contribution in [3.8, 4) is 5.75 Å². The van der Waals surface area contributed by atoms with E-state index in [0.29, 0.717) is 0 Å². The summed E-state index contributed by atoms with van der Waals surface area (Å²) in [4.78, 5) is 24.7. The summed E-state index contributed by atoms with van der Waals surface area (Å²) in [6.07, 6.45) is -1.82. The van der Waals surface area contributed by atoms with Crippen LogP contribution in [-0.2, 0) is 4.74 Å². The van der Waals surface area contributed by atoms with E-state index in [0.717, 1.165) is 6.07 Å². The van der Waals surface area contributed by atoms with E-state index in [1.165, 1.54) is 6.20 Å². The molecule has 1 aromatic rings. The summed E-state index contributed by atoms with van der Waals surface area (Å²) in [5.74, 6) is -0.546. The molecule has 0 aromatic carbocycles. The Morgan fingerprint density at radius 2 is 2.05 bits per heavy atom. The molecule has 0 saturated heterocycles. The first-order valence-corrected chi connectivity index (χ1v) is 6.85. The fraction of sp³-hybridized carbons (Fsp3) is 0.571. The molecule has 0 bridgehead atoms. The van der Waals surface area contributed by atoms with E-state index in [1.54, 1.807) is 20.8 Å². The van der Waals surface area contributed by atoms with Crippen LogP contribution in [0, 0.1) is 0 Å². The van der Waals surface area contributed by atoms with Crippen LogP contribution in [0.1, 0.15) is 38.9 Å². The maximum atomic E-state index is 11.4. The fourth-order valence-corrected chi connectivity index (χ4v) is 1.67. The number of carbonyl (C=O) groups excluding carboxylic acids is 1. The summed E-state index contributed by atoms with van der Waals surface area (Å²) < 4.78 is 5.03. The van der Waals surface area contributed by atoms with Crippen LogP contribution < -0.4 is 10.9 Å². The Balaban J connectivity index is 2.47. The zero-order valence-corrected chi connectivity index (χ0v) is 12.8. The van der Waals surface area contributed by atoms with Gasteiger partial charge in [-0.15, -0.1) is 0 Å². The number of rotatable bonds is 5. The summed E-state index contributed by atoms with van der Waals surface area (Å²) in [5, 5.41) is 31.5. The van der Waals surface area contributed by atoms with Crippen LogP contribution in [0.15, 0.2) is 17.1 Å². The number of carbonyl (C=O) groups is 1. The molecule has 2 atom stereocenters. The molecular weight excluding hydrogens is 292 g/mol. The Labute approximate surface area is 127 Å². The van der Waals surface area contributed by atoms with Gasteiger partial charge in [0, 0.05) is 18.3 Å². The molecule has 1 amide bonds. The van der Waals surface area contributed by atoms with Crippen molar-refractivity contribution >= 4 is 6.09 Å². The summed E-state index contributed by atoms with van der Waals surface area (Å²) in [7, 11) is 0. The highest BCUT2D eigenvalue weighted by Gasteiger charge is 2.20. The SMILES string of the molecule is CC(C)(C)OC(=O)NCCC(O)C(O)c1c[nH]c(=O)c(O)c1. The molecule has 0 saturated carbocycles. The summed E-state index contributed by atoms with van der Waals surface area (Å²) >= 11 is 0. The van der Waals surface area contributed by atoms with Crippen molar-refractivity contribution in [3.05, 3.63) is 28.2 Å². The van der Waals surface area contributed by atoms with Gasteiger partial charge < -0.3 is 30.4 Å². The predicted molar refractivity (Wildman–Crippen MR) is 78.5 cm³/mol. The number of aromatic nitrogens is 1. The molecule has 22 heavy (non-hydrogen) atoms. The standard InChI is InChI=1S/C14H22N2O6/c1-14(2,3)22-13(21)15-5-4-9(17)11(19)8-6-10(18)12(20)16-7-8/h6-7,9,11,17-19H,4-5H2,1-3H3,(H,15,21)(H,16,20). The topological polar surface area (TPSA) is 132 Å². The number of nitrogens with one attached hydrogen (secondary N) is 2. The second kappa shape index (κ2) is 7.28. The van der Waals surface area contributed by atoms with E-state index >= 15 is 0 Å². The maximum Gasteiger partial charge on any atom is 0.407 e. The van der Waals surface area contributed by atoms with Crippen molar-refractivity contribution in [1.82, 2.24) is 10.3 Å². The van der Waals surface area contributed by atoms with Gasteiger partial charge in [-0.2, -0.15) is 0 Å². The molecule has 8 heteroatoms. The van der Waals surface area contributed by atoms with Gasteiger partial charge in [-0.05, 0) is 33.3 Å². The summed E-state index contributed by atoms with van der Waals surface area (Å²) in [6.45, 7) is 5.29. The first-order valence-electron chi connectivity index (χ1n) is 6.85. The smallest absolute Gasteiger partial charge is 0.407 e. The highest BCUT2D eigenvalue weighted by atomic mass is 16.6. The number of aliphatic hydroxyl groups excluding tert-OH is 2. The number of hydrogen-bond donors (Lipinski definition) is 5. The fourth-order valence-electron chi connectivity index (χ4n) is 1.67. The molecule has 0 fully saturated rings. The van der Waals surface area contributed by atoms with Gasteiger partial charge in [0.2, 0.25) is 0 Å². The van der Waals surface area contributed by atoms with E-state index in [9.17, 15) is 24.9 Å². The number of amides is 1. The number of alkyl carbamates (subject to hydrolysis) is 1. The van der Waals surface area contributed by atoms with Crippen LogP contribution in [0.2, 0.25) is 0 Å². The third kappa shape index (κ3) is 5.74. The number of hydrogen-bond acceptors (Lipinski definition) is 6. The number of ether oxygens (including phenoxy) is 1. The lowest BCUT2D eigenvalue weighted by atomic mass is 10.0. The van der Waals surface area contributed by atoms with Crippen molar-refractivity contribution in [3.63, 3.8) is 0 Å². The van der Waals surface area contributed by atoms with Crippen molar-refractivity contribution in [2.45, 2.75) is 45.0 Å². The van der Waals surface area contributed by atoms with E-state index < -0.39 is 35.2 Å². The van der Waals surface area contributed by atoms with Gasteiger partial charge in [-0.1, -0.05) is 0 Å². The van der Waals surface area contributed by atoms with Crippen molar-refractivity contribution in [2.24, 2.45) is 0 Å². The molecule has 0 aliphatic rings. The number of aromatic hydroxyl groups is 1. The van der Waals surface area contributed by atoms with Gasteiger partial charge in [0.15, 0.2) is 5.75 Å². The molecule has 2 unspecified atom stereocenters. The Bertz CT molecular complexity index is 563. The Morgan fingerprint density at radius 1 is 1.41 bits per heavy atom. The maximum absolute atomic E-state index is 11.4. The van der Waals surface area contributed by atoms with Crippen LogP contribution in [0.5, 0.6) is 5.75 Å². The van der Waals surface area contributed by atoms with E-state index in [2.05, 4.69) is 10.3 Å². The Hall–Kier alpha value is -2.06. The van der Waals surface area contributed by atoms with Crippen molar-refractivity contribution in [2.75, 3.05) is 6.54 Å². The van der Waals surface area contributed by atoms with Crippen LogP contribution in [0.3, 0.4) is 0 Å². The minimum absolute atomic E-state index is 0.0697. The van der Waals surface area contributed by atoms with E-state index in [1.807, 2.05) is 0 Å². The Morgan fingerprint density at radius 3 is 2.59 bits per heavy atom. The number of aromatic amines is 1. The quantitative estimate of drug-likeness (QED) is 0.534. The molecule has 1 rings (SSSR count). The molecule has 1 heterocycles. The lowest BCUT2D eigenvalue weighted by Gasteiger charge is -2.21. The lowest BCUT2D eigenvalue weighted by molar-refractivity contribution is 0.0120. The predicted octanol–water partition coefficient (Wildman–Crippen LogP) is 0.390. The van der Waals surface area contributed by atoms with Gasteiger partial charge in [0.25, 0.3) is 5.56 Å². The third-order valence-electron chi connectivity index (χ3n) is 2.72. The molecule has 8 nitrogen and oxygen atoms in total. The minimum atomic E-state index is -1.30. The average Bonchev–Trinajstić information content (AvgIpc) is 2.38. The molecule has 0 aliphatic heterocycles. The number of pyridine rings is 1. The Kier molecular flexibility index (Phi) is 5.95. The first-order chi connectivity index (χ1) is 10.1. The molecule has 124 valence electrons. The van der Waals surface area contributed by atoms with Crippen LogP contribution in [-0.4, -0.2) is 44.6 Å². The number of aliphatic hydroxyl groups is 2. The van der Waals surface area contributed by atoms with Gasteiger partial charge in [-0.3, -0.25) is 4.79 Å². The van der Waals surface area contributed by atoms with Crippen LogP contribution in [0.4, 0.5) is 4.79 Å². The third-order valence-corrected chi connectivity index (χ3v) is 2.72. The first kappa shape index (κ1) is 18.0. The van der Waals surface area contributed by atoms with Crippen molar-refractivity contribution in [1.29, 1.82) is 0 Å². The molecule has 1 aromatic heterocycles. The van der Waals surface area contributed by atoms with Gasteiger partial charge in [0.05, 0.1) is 6.10 Å². The molecule has 0 spiro atoms. The minimum Gasteiger partial charge on any atom is -0.503 e. The van der Waals surface area contributed by atoms with Gasteiger partial charge >= 0.3 is 6.09 Å². The van der Waals surface area contributed by atoms with E-state index in [-0.39, 0.29) is 18.5 Å². The second-order valence-corrected chi connectivity index (χ2v) is 5.88. The lowest BCUT2D eigenvalue weighted by Crippen LogP contribution is -2.34. The van der Waals surface area contributed by atoms with E-state index in [4.69, 9.17) is 4.74 Å². The number of H-pyrrole nitrogens is 1. The normalized spacial score (nSPS) is 14.2. The molecule has 0 radical (unpaired) electrons. The molecule has 0 aliphatic carbocycles. The van der Waals surface area contributed by atoms with Crippen LogP contribution >= 0.6 is 0 Å². The summed E-state index contributed by atoms with van der Waals surface area (Å²) in [5.41, 5.74) is -1.13. The highest BCUT2D eigenvalue weighted by Crippen LogP contribution is 2.19. The largest absolute Gasteiger partial charge is 0.503 e. The van der Waals surface area contributed by atoms with Crippen molar-refractivity contribution < 1.29 is 24.9 Å². The monoisotopic (exact) mass is 314 g/mol. The molecule has 5 N–H and O–H groups in total. The van der Waals surface area contributed by atoms with Gasteiger partial charge in [0.1, 0.15) is 11.7 Å². The zero-order chi connectivity index (χ0) is 16.9. The highest BCUT2D eigenvalue weighted by molar-refractivity contribution is 5.67. The average molecular weight is 314 g/mol. The second-order valence-electron chi connectivity index (χ2n) is 5.88. The summed E-state index contributed by atoms with van der Waals surface area (Å²) in [6, 6.07) is 1.08. The van der Waals surface area contributed by atoms with Crippen LogP contribution in [0.25, 0.3) is 0 Å². The molecular formula is C14H22N2O6. The van der Waals surface area contributed by atoms with Gasteiger partial charge in [-0.25, -0.2) is 4.79 Å².